The van der Waals surface area contributed by atoms with E-state index in [-0.39, 0.29) is 54.2 Å². The number of halogens is 1. The van der Waals surface area contributed by atoms with Crippen molar-refractivity contribution in [2.24, 2.45) is 11.8 Å². The molecule has 1 spiro atoms. The first kappa shape index (κ1) is 27.9. The van der Waals surface area contributed by atoms with Gasteiger partial charge >= 0.3 is 5.97 Å². The molecule has 3 heterocycles. The molecule has 2 bridgehead atoms. The fraction of sp³-hybridized carbons (Fsp3) is 0.536. The van der Waals surface area contributed by atoms with Gasteiger partial charge in [-0.05, 0) is 50.3 Å². The Labute approximate surface area is 231 Å². The zero-order valence-corrected chi connectivity index (χ0v) is 23.8. The summed E-state index contributed by atoms with van der Waals surface area (Å²) in [5.41, 5.74) is 2.73. The van der Waals surface area contributed by atoms with Gasteiger partial charge in [-0.25, -0.2) is 0 Å². The van der Waals surface area contributed by atoms with Gasteiger partial charge < -0.3 is 19.6 Å². The Hall–Kier alpha value is -2.10. The summed E-state index contributed by atoms with van der Waals surface area (Å²) in [4.78, 5) is 44.8. The minimum atomic E-state index is -0.814. The smallest absolute Gasteiger partial charge is 0.310 e. The van der Waals surface area contributed by atoms with Crippen LogP contribution in [-0.4, -0.2) is 75.0 Å². The molecule has 2 amide bonds. The van der Waals surface area contributed by atoms with Crippen LogP contribution in [-0.2, 0) is 19.1 Å². The molecule has 0 aliphatic carbocycles. The highest BCUT2D eigenvalue weighted by atomic mass is 79.9. The number of allylic oxidation sites excluding steroid dienone is 1. The minimum absolute atomic E-state index is 0.0293. The maximum absolute atomic E-state index is 14.4. The lowest BCUT2D eigenvalue weighted by Crippen LogP contribution is -2.56. The highest BCUT2D eigenvalue weighted by Crippen LogP contribution is 2.68. The normalized spacial score (nSPS) is 29.8. The van der Waals surface area contributed by atoms with E-state index >= 15 is 0 Å². The summed E-state index contributed by atoms with van der Waals surface area (Å²) < 4.78 is 4.82. The van der Waals surface area contributed by atoms with Gasteiger partial charge in [0.25, 0.3) is 5.91 Å². The number of ether oxygens (including phenoxy) is 1. The number of anilines is 1. The number of carbonyl (C=O) groups is 3. The van der Waals surface area contributed by atoms with Crippen LogP contribution in [0.4, 0.5) is 5.69 Å². The lowest BCUT2D eigenvalue weighted by Gasteiger charge is -2.38. The van der Waals surface area contributed by atoms with Gasteiger partial charge in [-0.2, -0.15) is 0 Å². The van der Waals surface area contributed by atoms with E-state index in [9.17, 15) is 19.5 Å². The number of fused-ring (bicyclic) bond motifs is 1. The molecule has 37 heavy (non-hydrogen) atoms. The third kappa shape index (κ3) is 4.79. The van der Waals surface area contributed by atoms with Crippen LogP contribution in [0.25, 0.3) is 0 Å². The van der Waals surface area contributed by atoms with E-state index in [1.807, 2.05) is 32.0 Å². The number of amides is 2. The summed E-state index contributed by atoms with van der Waals surface area (Å²) >= 11 is 5.32. The second-order valence-electron chi connectivity index (χ2n) is 10.0. The first-order valence-electron chi connectivity index (χ1n) is 12.7. The van der Waals surface area contributed by atoms with Gasteiger partial charge in [0.05, 0.1) is 29.8 Å². The Kier molecular flexibility index (Phi) is 8.55. The number of hydrogen-bond donors (Lipinski definition) is 1. The van der Waals surface area contributed by atoms with E-state index < -0.39 is 22.6 Å². The number of likely N-dealkylation sites (tertiary alicyclic amines) is 1. The van der Waals surface area contributed by atoms with E-state index in [0.29, 0.717) is 12.8 Å². The molecule has 0 aromatic heterocycles. The van der Waals surface area contributed by atoms with Crippen molar-refractivity contribution < 1.29 is 24.2 Å². The molecular weight excluding hydrogens is 556 g/mol. The van der Waals surface area contributed by atoms with Crippen molar-refractivity contribution in [2.45, 2.75) is 54.0 Å². The van der Waals surface area contributed by atoms with E-state index in [4.69, 9.17) is 4.74 Å². The van der Waals surface area contributed by atoms with Gasteiger partial charge in [0, 0.05) is 28.9 Å². The molecule has 4 rings (SSSR count). The summed E-state index contributed by atoms with van der Waals surface area (Å²) in [6.07, 6.45) is 5.44. The topological polar surface area (TPSA) is 87.1 Å². The SMILES string of the molecule is C=CCCCOC(=O)[C@H]1[C@H]2C(=O)N(CCO)C(C(=O)N(CC=C)c3cc(C)ccc3C)C23CC(Br)[C@@H]1S3. The fourth-order valence-electron chi connectivity index (χ4n) is 6.12. The Morgan fingerprint density at radius 2 is 2.08 bits per heavy atom. The maximum atomic E-state index is 14.4. The molecule has 3 fully saturated rings. The third-order valence-corrected chi connectivity index (χ3v) is 10.9. The standard InChI is InChI=1S/C28H35BrN2O5S/c1-5-7-8-14-36-27(35)21-22-25(33)31(12-13-32)24(28(22)16-19(29)23(21)37-28)26(34)30(11-6-2)20-15-17(3)9-10-18(20)4/h5-6,9-10,15,19,21-24,32H,1-2,7-8,11-14,16H2,3-4H3/t19?,21-,22-,23-,24?,28?/m0/s1. The average Bonchev–Trinajstić information content (AvgIpc) is 3.45. The number of aryl methyl sites for hydroxylation is 2. The maximum Gasteiger partial charge on any atom is 0.310 e. The van der Waals surface area contributed by atoms with Crippen LogP contribution in [0.1, 0.15) is 30.4 Å². The van der Waals surface area contributed by atoms with Gasteiger partial charge in [0.2, 0.25) is 5.91 Å². The molecule has 0 radical (unpaired) electrons. The van der Waals surface area contributed by atoms with E-state index in [1.54, 1.807) is 28.8 Å². The number of esters is 1. The van der Waals surface area contributed by atoms with Gasteiger partial charge in [0.15, 0.2) is 0 Å². The van der Waals surface area contributed by atoms with Crippen molar-refractivity contribution in [3.05, 3.63) is 54.6 Å². The monoisotopic (exact) mass is 590 g/mol. The van der Waals surface area contributed by atoms with Crippen LogP contribution in [0.5, 0.6) is 0 Å². The number of hydrogen-bond acceptors (Lipinski definition) is 6. The lowest BCUT2D eigenvalue weighted by molar-refractivity contribution is -0.154. The van der Waals surface area contributed by atoms with Gasteiger partial charge in [0.1, 0.15) is 6.04 Å². The van der Waals surface area contributed by atoms with E-state index in [0.717, 1.165) is 23.2 Å². The molecule has 9 heteroatoms. The molecule has 3 aliphatic heterocycles. The van der Waals surface area contributed by atoms with Gasteiger partial charge in [-0.1, -0.05) is 40.2 Å². The average molecular weight is 592 g/mol. The van der Waals surface area contributed by atoms with Crippen LogP contribution < -0.4 is 4.90 Å². The van der Waals surface area contributed by atoms with E-state index in [1.165, 1.54) is 4.90 Å². The number of nitrogens with zero attached hydrogens (tertiary/aromatic N) is 2. The Morgan fingerprint density at radius 1 is 1.32 bits per heavy atom. The van der Waals surface area contributed by atoms with Crippen molar-refractivity contribution in [3.8, 4) is 0 Å². The highest BCUT2D eigenvalue weighted by Gasteiger charge is 2.76. The molecule has 3 aliphatic rings. The summed E-state index contributed by atoms with van der Waals surface area (Å²) in [6, 6.07) is 5.12. The zero-order valence-electron chi connectivity index (χ0n) is 21.4. The molecule has 3 saturated heterocycles. The van der Waals surface area contributed by atoms with Crippen LogP contribution in [0.2, 0.25) is 0 Å². The van der Waals surface area contributed by atoms with Crippen molar-refractivity contribution >= 4 is 51.2 Å². The Balaban J connectivity index is 1.73. The molecule has 0 saturated carbocycles. The second-order valence-corrected chi connectivity index (χ2v) is 12.8. The van der Waals surface area contributed by atoms with Crippen molar-refractivity contribution in [3.63, 3.8) is 0 Å². The van der Waals surface area contributed by atoms with E-state index in [2.05, 4.69) is 29.1 Å². The quantitative estimate of drug-likeness (QED) is 0.183. The van der Waals surface area contributed by atoms with Crippen LogP contribution in [0.3, 0.4) is 0 Å². The molecule has 1 N–H and O–H groups in total. The molecule has 7 nitrogen and oxygen atoms in total. The number of unbranched alkanes of at least 4 members (excludes halogenated alkanes) is 1. The summed E-state index contributed by atoms with van der Waals surface area (Å²) in [7, 11) is 0. The molecule has 6 atom stereocenters. The van der Waals surface area contributed by atoms with Gasteiger partial charge in [-0.15, -0.1) is 24.9 Å². The molecule has 3 unspecified atom stereocenters. The number of β-amino-alcohol motifs (C(OH)–C–C–N with tert-alkyl or cyclic N) is 1. The molecule has 1 aromatic rings. The Bertz CT molecular complexity index is 1100. The van der Waals surface area contributed by atoms with Crippen LogP contribution in [0, 0.1) is 25.7 Å². The number of carbonyl (C=O) groups excluding carboxylic acids is 3. The number of aliphatic hydroxyl groups is 1. The van der Waals surface area contributed by atoms with Crippen molar-refractivity contribution in [2.75, 3.05) is 31.2 Å². The van der Waals surface area contributed by atoms with Crippen molar-refractivity contribution in [1.82, 2.24) is 4.90 Å². The highest BCUT2D eigenvalue weighted by molar-refractivity contribution is 9.09. The third-order valence-electron chi connectivity index (χ3n) is 7.67. The minimum Gasteiger partial charge on any atom is -0.465 e. The molecule has 1 aromatic carbocycles. The number of thioether (sulfide) groups is 1. The predicted octanol–water partition coefficient (Wildman–Crippen LogP) is 3.79. The molecular formula is C28H35BrN2O5S. The summed E-state index contributed by atoms with van der Waals surface area (Å²) in [5, 5.41) is 9.69. The molecule has 200 valence electrons. The van der Waals surface area contributed by atoms with Gasteiger partial charge in [-0.3, -0.25) is 14.4 Å². The summed E-state index contributed by atoms with van der Waals surface area (Å²) in [5.74, 6) is -2.18. The second kappa shape index (κ2) is 11.3. The van der Waals surface area contributed by atoms with Crippen LogP contribution >= 0.6 is 27.7 Å². The van der Waals surface area contributed by atoms with Crippen LogP contribution in [0.15, 0.2) is 43.5 Å². The first-order chi connectivity index (χ1) is 17.7. The Morgan fingerprint density at radius 3 is 2.76 bits per heavy atom. The summed E-state index contributed by atoms with van der Waals surface area (Å²) in [6.45, 7) is 11.8. The fourth-order valence-corrected chi connectivity index (χ4v) is 9.71. The zero-order chi connectivity index (χ0) is 26.9. The van der Waals surface area contributed by atoms with Crippen molar-refractivity contribution in [1.29, 1.82) is 0 Å². The lowest BCUT2D eigenvalue weighted by atomic mass is 9.71. The number of benzene rings is 1. The first-order valence-corrected chi connectivity index (χ1v) is 14.5. The number of aliphatic hydroxyl groups excluding tert-OH is 1. The number of alkyl halides is 1. The predicted molar refractivity (Wildman–Crippen MR) is 150 cm³/mol. The number of rotatable bonds is 11. The largest absolute Gasteiger partial charge is 0.465 e.